The fourth-order valence-electron chi connectivity index (χ4n) is 7.94. The highest BCUT2D eigenvalue weighted by Crippen LogP contribution is 2.15. The molecule has 1 atom stereocenters. The molecule has 0 aromatic heterocycles. The minimum atomic E-state index is -0.795. The van der Waals surface area contributed by atoms with Crippen molar-refractivity contribution in [2.24, 2.45) is 0 Å². The second kappa shape index (κ2) is 60.4. The summed E-state index contributed by atoms with van der Waals surface area (Å²) < 4.78 is 16.8. The van der Waals surface area contributed by atoms with Crippen molar-refractivity contribution in [3.05, 3.63) is 122 Å². The van der Waals surface area contributed by atoms with Crippen LogP contribution in [0.15, 0.2) is 122 Å². The molecule has 0 heterocycles. The Bertz CT molecular complexity index is 1540. The number of allylic oxidation sites excluding steroid dienone is 20. The van der Waals surface area contributed by atoms with E-state index in [1.807, 2.05) is 0 Å². The zero-order valence-electron chi connectivity index (χ0n) is 47.4. The number of esters is 3. The summed E-state index contributed by atoms with van der Waals surface area (Å²) >= 11 is 0. The van der Waals surface area contributed by atoms with Crippen LogP contribution in [0.4, 0.5) is 0 Å². The van der Waals surface area contributed by atoms with Gasteiger partial charge in [0.05, 0.1) is 0 Å². The van der Waals surface area contributed by atoms with Gasteiger partial charge >= 0.3 is 17.9 Å². The number of rotatable bonds is 53. The van der Waals surface area contributed by atoms with Crippen LogP contribution in [0, 0.1) is 0 Å². The van der Waals surface area contributed by atoms with E-state index in [-0.39, 0.29) is 31.1 Å². The van der Waals surface area contributed by atoms with Gasteiger partial charge in [-0.25, -0.2) is 0 Å². The van der Waals surface area contributed by atoms with Crippen LogP contribution in [0.25, 0.3) is 0 Å². The molecular formula is C67H110O6. The molecule has 0 saturated carbocycles. The molecular weight excluding hydrogens is 901 g/mol. The fraction of sp³-hybridized carbons (Fsp3) is 0.657. The summed E-state index contributed by atoms with van der Waals surface area (Å²) in [6, 6.07) is 0. The van der Waals surface area contributed by atoms with E-state index in [4.69, 9.17) is 14.2 Å². The van der Waals surface area contributed by atoms with Gasteiger partial charge in [0, 0.05) is 19.3 Å². The molecule has 0 amide bonds. The van der Waals surface area contributed by atoms with Gasteiger partial charge in [0.1, 0.15) is 13.2 Å². The fourth-order valence-corrected chi connectivity index (χ4v) is 7.94. The second-order valence-electron chi connectivity index (χ2n) is 19.5. The molecule has 73 heavy (non-hydrogen) atoms. The van der Waals surface area contributed by atoms with Crippen molar-refractivity contribution >= 4 is 17.9 Å². The molecule has 0 rings (SSSR count). The number of carbonyl (C=O) groups excluding carboxylic acids is 3. The third kappa shape index (κ3) is 58.6. The number of ether oxygens (including phenoxy) is 3. The normalized spacial score (nSPS) is 13.0. The highest BCUT2D eigenvalue weighted by Gasteiger charge is 2.19. The van der Waals surface area contributed by atoms with Crippen molar-refractivity contribution in [1.82, 2.24) is 0 Å². The molecule has 6 nitrogen and oxygen atoms in total. The summed E-state index contributed by atoms with van der Waals surface area (Å²) in [5.41, 5.74) is 0. The predicted octanol–water partition coefficient (Wildman–Crippen LogP) is 20.4. The average molecular weight is 1010 g/mol. The molecule has 1 unspecified atom stereocenters. The van der Waals surface area contributed by atoms with Crippen LogP contribution in [-0.4, -0.2) is 37.2 Å². The van der Waals surface area contributed by atoms with E-state index in [9.17, 15) is 14.4 Å². The first-order valence-electron chi connectivity index (χ1n) is 30.0. The van der Waals surface area contributed by atoms with Crippen molar-refractivity contribution < 1.29 is 28.6 Å². The number of carbonyl (C=O) groups is 3. The van der Waals surface area contributed by atoms with Crippen molar-refractivity contribution in [2.75, 3.05) is 13.2 Å². The summed E-state index contributed by atoms with van der Waals surface area (Å²) in [5.74, 6) is -0.936. The molecule has 6 heteroatoms. The van der Waals surface area contributed by atoms with Crippen molar-refractivity contribution in [3.63, 3.8) is 0 Å². The minimum Gasteiger partial charge on any atom is -0.462 e. The van der Waals surface area contributed by atoms with Crippen LogP contribution in [-0.2, 0) is 28.6 Å². The van der Waals surface area contributed by atoms with Gasteiger partial charge in [-0.2, -0.15) is 0 Å². The van der Waals surface area contributed by atoms with Crippen LogP contribution in [0.2, 0.25) is 0 Å². The topological polar surface area (TPSA) is 78.9 Å². The Kier molecular flexibility index (Phi) is 56.9. The zero-order valence-corrected chi connectivity index (χ0v) is 47.4. The molecule has 0 N–H and O–H groups in total. The maximum absolute atomic E-state index is 12.8. The van der Waals surface area contributed by atoms with E-state index in [1.54, 1.807) is 0 Å². The molecule has 0 aromatic carbocycles. The van der Waals surface area contributed by atoms with Crippen LogP contribution in [0.1, 0.15) is 265 Å². The highest BCUT2D eigenvalue weighted by molar-refractivity contribution is 5.71. The van der Waals surface area contributed by atoms with E-state index in [1.165, 1.54) is 89.9 Å². The zero-order chi connectivity index (χ0) is 52.9. The maximum atomic E-state index is 12.8. The quantitative estimate of drug-likeness (QED) is 0.0261. The summed E-state index contributed by atoms with van der Waals surface area (Å²) in [6.45, 7) is 6.45. The number of hydrogen-bond acceptors (Lipinski definition) is 6. The van der Waals surface area contributed by atoms with Crippen molar-refractivity contribution in [2.45, 2.75) is 271 Å². The Labute approximate surface area is 450 Å². The van der Waals surface area contributed by atoms with Gasteiger partial charge in [-0.05, 0) is 109 Å². The second-order valence-corrected chi connectivity index (χ2v) is 19.5. The standard InChI is InChI=1S/C67H110O6/c1-4-7-10-13-16-19-22-24-25-26-27-28-29-30-31-32-33-34-35-36-37-38-39-40-41-43-45-48-51-54-57-60-66(69)72-63-64(62-71-65(68)59-56-53-50-47-44-21-18-15-12-9-6-3)73-67(70)61-58-55-52-49-46-42-23-20-17-14-11-8-5-2/h7,10,15-16,18-19,24-25,27-28,30-31,33-34,36-37,39-40,43,45,64H,4-6,8-9,11-14,17,20-23,26,29,32,35,38,41-42,44,46-63H2,1-3H3/b10-7-,18-15-,19-16-,25-24-,28-27-,31-30-,34-33-,37-36-,40-39-,45-43-. The average Bonchev–Trinajstić information content (AvgIpc) is 3.39. The molecule has 0 aliphatic carbocycles. The number of hydrogen-bond donors (Lipinski definition) is 0. The number of unbranched alkanes of at least 4 members (excludes halogenated alkanes) is 22. The molecule has 0 saturated heterocycles. The summed E-state index contributed by atoms with van der Waals surface area (Å²) in [4.78, 5) is 38.1. The Morgan fingerprint density at radius 1 is 0.288 bits per heavy atom. The lowest BCUT2D eigenvalue weighted by Crippen LogP contribution is -2.30. The van der Waals surface area contributed by atoms with Crippen LogP contribution < -0.4 is 0 Å². The Balaban J connectivity index is 4.32. The summed E-state index contributed by atoms with van der Waals surface area (Å²) in [7, 11) is 0. The van der Waals surface area contributed by atoms with E-state index >= 15 is 0 Å². The Morgan fingerprint density at radius 3 is 0.904 bits per heavy atom. The van der Waals surface area contributed by atoms with Gasteiger partial charge in [0.2, 0.25) is 0 Å². The first kappa shape index (κ1) is 68.8. The van der Waals surface area contributed by atoms with Gasteiger partial charge in [-0.1, -0.05) is 258 Å². The van der Waals surface area contributed by atoms with E-state index in [2.05, 4.69) is 142 Å². The van der Waals surface area contributed by atoms with Gasteiger partial charge < -0.3 is 14.2 Å². The van der Waals surface area contributed by atoms with Gasteiger partial charge in [-0.3, -0.25) is 14.4 Å². The molecule has 0 bridgehead atoms. The SMILES string of the molecule is CC/C=C\C/C=C\C/C=C\C/C=C\C/C=C\C/C=C\C/C=C\C/C=C\C/C=C\CCCCCC(=O)OCC(COC(=O)CCCCCCC/C=C\CCCC)OC(=O)CCCCCCCCCCCCCCC. The van der Waals surface area contributed by atoms with E-state index < -0.39 is 6.10 Å². The predicted molar refractivity (Wildman–Crippen MR) is 316 cm³/mol. The van der Waals surface area contributed by atoms with Crippen molar-refractivity contribution in [3.8, 4) is 0 Å². The van der Waals surface area contributed by atoms with Crippen molar-refractivity contribution in [1.29, 1.82) is 0 Å². The molecule has 0 spiro atoms. The molecule has 0 aliphatic rings. The van der Waals surface area contributed by atoms with Crippen LogP contribution in [0.5, 0.6) is 0 Å². The first-order valence-corrected chi connectivity index (χ1v) is 30.0. The van der Waals surface area contributed by atoms with E-state index in [0.717, 1.165) is 135 Å². The smallest absolute Gasteiger partial charge is 0.306 e. The summed E-state index contributed by atoms with van der Waals surface area (Å²) in [5, 5.41) is 0. The molecule has 0 aliphatic heterocycles. The summed E-state index contributed by atoms with van der Waals surface area (Å²) in [6.07, 6.45) is 83.4. The molecule has 0 radical (unpaired) electrons. The Hall–Kier alpha value is -4.19. The third-order valence-corrected chi connectivity index (χ3v) is 12.5. The Morgan fingerprint density at radius 2 is 0.548 bits per heavy atom. The largest absolute Gasteiger partial charge is 0.462 e. The van der Waals surface area contributed by atoms with Crippen LogP contribution in [0.3, 0.4) is 0 Å². The van der Waals surface area contributed by atoms with Crippen LogP contribution >= 0.6 is 0 Å². The first-order chi connectivity index (χ1) is 36.0. The molecule has 414 valence electrons. The monoisotopic (exact) mass is 1010 g/mol. The lowest BCUT2D eigenvalue weighted by Gasteiger charge is -2.18. The van der Waals surface area contributed by atoms with Gasteiger partial charge in [-0.15, -0.1) is 0 Å². The highest BCUT2D eigenvalue weighted by atomic mass is 16.6. The molecule has 0 fully saturated rings. The minimum absolute atomic E-state index is 0.0931. The lowest BCUT2D eigenvalue weighted by atomic mass is 10.0. The van der Waals surface area contributed by atoms with Gasteiger partial charge in [0.15, 0.2) is 6.10 Å². The third-order valence-electron chi connectivity index (χ3n) is 12.5. The van der Waals surface area contributed by atoms with E-state index in [0.29, 0.717) is 19.3 Å². The maximum Gasteiger partial charge on any atom is 0.306 e. The lowest BCUT2D eigenvalue weighted by molar-refractivity contribution is -0.167. The molecule has 0 aromatic rings. The van der Waals surface area contributed by atoms with Gasteiger partial charge in [0.25, 0.3) is 0 Å².